The topological polar surface area (TPSA) is 97.3 Å². The fourth-order valence-corrected chi connectivity index (χ4v) is 5.74. The molecule has 1 aromatic carbocycles. The number of aliphatic hydroxyl groups is 2. The number of amides is 1. The number of nitrogens with one attached hydrogen (secondary N) is 1. The Morgan fingerprint density at radius 3 is 2.87 bits per heavy atom. The van der Waals surface area contributed by atoms with Crippen LogP contribution in [0.4, 0.5) is 4.79 Å². The second-order valence-electron chi connectivity index (χ2n) is 8.81. The van der Waals surface area contributed by atoms with Gasteiger partial charge in [-0.15, -0.1) is 11.3 Å². The highest BCUT2D eigenvalue weighted by Crippen LogP contribution is 2.72. The molecule has 2 aliphatic rings. The quantitative estimate of drug-likeness (QED) is 0.574. The fraction of sp³-hybridized carbons (Fsp3) is 0.522. The Balaban J connectivity index is 1.36. The van der Waals surface area contributed by atoms with Crippen molar-refractivity contribution in [3.05, 3.63) is 39.8 Å². The molecule has 0 saturated heterocycles. The number of carbonyl (C=O) groups is 1. The number of carbonyl (C=O) groups excluding carboxylic acids is 1. The monoisotopic (exact) mass is 447 g/mol. The van der Waals surface area contributed by atoms with Crippen molar-refractivity contribution in [3.8, 4) is 16.6 Å². The molecule has 8 heteroatoms. The number of thiophene rings is 1. The first-order valence-electron chi connectivity index (χ1n) is 10.4. The lowest BCUT2D eigenvalue weighted by Crippen LogP contribution is -2.26. The van der Waals surface area contributed by atoms with Gasteiger partial charge >= 0.3 is 6.09 Å². The SMILES string of the molecule is COc1cc(OC[C@@H](O)CO)ccc1CNC(=O)Oc1sc(C)c2c1C[C@@H]1[C@H]2C1(C)C. The van der Waals surface area contributed by atoms with Crippen LogP contribution in [-0.2, 0) is 13.0 Å². The summed E-state index contributed by atoms with van der Waals surface area (Å²) in [6.45, 7) is 6.59. The van der Waals surface area contributed by atoms with Gasteiger partial charge in [-0.3, -0.25) is 0 Å². The zero-order chi connectivity index (χ0) is 22.3. The van der Waals surface area contributed by atoms with Crippen LogP contribution < -0.4 is 19.5 Å². The zero-order valence-corrected chi connectivity index (χ0v) is 19.0. The molecule has 3 atom stereocenters. The number of rotatable bonds is 8. The minimum absolute atomic E-state index is 0.0208. The number of fused-ring (bicyclic) bond motifs is 3. The molecule has 2 aromatic rings. The summed E-state index contributed by atoms with van der Waals surface area (Å²) in [5, 5.41) is 21.8. The van der Waals surface area contributed by atoms with Gasteiger partial charge in [0, 0.05) is 28.6 Å². The predicted octanol–water partition coefficient (Wildman–Crippen LogP) is 3.38. The van der Waals surface area contributed by atoms with E-state index < -0.39 is 12.2 Å². The van der Waals surface area contributed by atoms with Gasteiger partial charge in [-0.1, -0.05) is 13.8 Å². The Bertz CT molecular complexity index is 985. The zero-order valence-electron chi connectivity index (χ0n) is 18.2. The van der Waals surface area contributed by atoms with Crippen molar-refractivity contribution in [3.63, 3.8) is 0 Å². The molecular formula is C23H29NO6S. The summed E-state index contributed by atoms with van der Waals surface area (Å²) in [7, 11) is 1.54. The highest BCUT2D eigenvalue weighted by Gasteiger charge is 2.63. The number of ether oxygens (including phenoxy) is 3. The Morgan fingerprint density at radius 1 is 1.39 bits per heavy atom. The minimum atomic E-state index is -0.943. The first-order chi connectivity index (χ1) is 14.8. The van der Waals surface area contributed by atoms with Crippen LogP contribution in [0.3, 0.4) is 0 Å². The molecule has 0 radical (unpaired) electrons. The molecule has 2 aliphatic carbocycles. The Morgan fingerprint density at radius 2 is 2.16 bits per heavy atom. The van der Waals surface area contributed by atoms with E-state index in [1.54, 1.807) is 29.5 Å². The predicted molar refractivity (Wildman–Crippen MR) is 117 cm³/mol. The normalized spacial score (nSPS) is 21.1. The van der Waals surface area contributed by atoms with Crippen LogP contribution in [0.2, 0.25) is 0 Å². The molecule has 3 N–H and O–H groups in total. The minimum Gasteiger partial charge on any atom is -0.496 e. The van der Waals surface area contributed by atoms with Gasteiger partial charge in [-0.05, 0) is 48.3 Å². The summed E-state index contributed by atoms with van der Waals surface area (Å²) >= 11 is 1.55. The molecular weight excluding hydrogens is 418 g/mol. The maximum absolute atomic E-state index is 12.4. The van der Waals surface area contributed by atoms with Crippen LogP contribution in [0.15, 0.2) is 18.2 Å². The van der Waals surface area contributed by atoms with Crippen LogP contribution in [0.1, 0.15) is 41.3 Å². The van der Waals surface area contributed by atoms with Gasteiger partial charge in [-0.25, -0.2) is 4.79 Å². The fourth-order valence-electron chi connectivity index (χ4n) is 4.67. The van der Waals surface area contributed by atoms with Gasteiger partial charge in [0.05, 0.1) is 13.7 Å². The van der Waals surface area contributed by atoms with Crippen molar-refractivity contribution in [1.82, 2.24) is 5.32 Å². The smallest absolute Gasteiger partial charge is 0.413 e. The lowest BCUT2D eigenvalue weighted by molar-refractivity contribution is 0.0535. The summed E-state index contributed by atoms with van der Waals surface area (Å²) in [5.74, 6) is 2.31. The van der Waals surface area contributed by atoms with E-state index in [4.69, 9.17) is 19.3 Å². The first-order valence-corrected chi connectivity index (χ1v) is 11.2. The van der Waals surface area contributed by atoms with Gasteiger partial charge in [0.15, 0.2) is 5.06 Å². The van der Waals surface area contributed by atoms with E-state index in [-0.39, 0.29) is 19.8 Å². The Labute approximate surface area is 186 Å². The number of hydrogen-bond donors (Lipinski definition) is 3. The maximum Gasteiger partial charge on any atom is 0.413 e. The summed E-state index contributed by atoms with van der Waals surface area (Å²) in [4.78, 5) is 13.7. The molecule has 1 fully saturated rings. The average Bonchev–Trinajstić information content (AvgIpc) is 3.05. The highest BCUT2D eigenvalue weighted by atomic mass is 32.1. The van der Waals surface area contributed by atoms with Gasteiger partial charge in [0.25, 0.3) is 0 Å². The van der Waals surface area contributed by atoms with Crippen LogP contribution in [0.5, 0.6) is 16.6 Å². The maximum atomic E-state index is 12.4. The van der Waals surface area contributed by atoms with E-state index in [1.807, 2.05) is 0 Å². The number of methoxy groups -OCH3 is 1. The Kier molecular flexibility index (Phi) is 5.89. The molecule has 168 valence electrons. The van der Waals surface area contributed by atoms with Crippen molar-refractivity contribution in [2.75, 3.05) is 20.3 Å². The van der Waals surface area contributed by atoms with Gasteiger partial charge in [0.2, 0.25) is 0 Å². The van der Waals surface area contributed by atoms with E-state index in [1.165, 1.54) is 23.1 Å². The first kappa shape index (κ1) is 21.9. The molecule has 1 saturated carbocycles. The van der Waals surface area contributed by atoms with Crippen LogP contribution in [-0.4, -0.2) is 42.7 Å². The molecule has 7 nitrogen and oxygen atoms in total. The summed E-state index contributed by atoms with van der Waals surface area (Å²) in [5.41, 5.74) is 3.73. The van der Waals surface area contributed by atoms with Crippen molar-refractivity contribution in [2.45, 2.75) is 45.8 Å². The van der Waals surface area contributed by atoms with Gasteiger partial charge in [-0.2, -0.15) is 0 Å². The van der Waals surface area contributed by atoms with Gasteiger partial charge < -0.3 is 29.7 Å². The van der Waals surface area contributed by atoms with Crippen molar-refractivity contribution < 1.29 is 29.2 Å². The third-order valence-corrected chi connectivity index (χ3v) is 7.54. The van der Waals surface area contributed by atoms with Crippen LogP contribution in [0.25, 0.3) is 0 Å². The number of aryl methyl sites for hydroxylation is 1. The van der Waals surface area contributed by atoms with Crippen LogP contribution >= 0.6 is 11.3 Å². The van der Waals surface area contributed by atoms with Crippen LogP contribution in [0, 0.1) is 18.3 Å². The van der Waals surface area contributed by atoms with Crippen molar-refractivity contribution in [1.29, 1.82) is 0 Å². The third kappa shape index (κ3) is 4.12. The van der Waals surface area contributed by atoms with E-state index in [0.29, 0.717) is 33.8 Å². The molecule has 0 unspecified atom stereocenters. The van der Waals surface area contributed by atoms with Gasteiger partial charge in [0.1, 0.15) is 24.2 Å². The van der Waals surface area contributed by atoms with E-state index >= 15 is 0 Å². The lowest BCUT2D eigenvalue weighted by atomic mass is 9.96. The lowest BCUT2D eigenvalue weighted by Gasteiger charge is -2.14. The molecule has 4 rings (SSSR count). The Hall–Kier alpha value is -2.29. The summed E-state index contributed by atoms with van der Waals surface area (Å²) in [6.07, 6.45) is -0.445. The molecule has 0 aliphatic heterocycles. The largest absolute Gasteiger partial charge is 0.496 e. The molecule has 31 heavy (non-hydrogen) atoms. The number of hydrogen-bond acceptors (Lipinski definition) is 7. The molecule has 0 spiro atoms. The second kappa shape index (κ2) is 8.33. The second-order valence-corrected chi connectivity index (χ2v) is 10.00. The summed E-state index contributed by atoms with van der Waals surface area (Å²) in [6, 6.07) is 5.18. The summed E-state index contributed by atoms with van der Waals surface area (Å²) < 4.78 is 16.5. The number of aliphatic hydroxyl groups excluding tert-OH is 2. The van der Waals surface area contributed by atoms with Crippen molar-refractivity contribution in [2.24, 2.45) is 11.3 Å². The third-order valence-electron chi connectivity index (χ3n) is 6.50. The molecule has 1 heterocycles. The molecule has 1 amide bonds. The number of benzene rings is 1. The average molecular weight is 448 g/mol. The standard InChI is InChI=1S/C23H29NO6S/c1-12-19-16(8-17-20(19)23(17,2)3)21(31-12)30-22(27)24-9-13-5-6-15(7-18(13)28-4)29-11-14(26)10-25/h5-7,14,17,20,25-26H,8-11H2,1-4H3,(H,24,27)/t14-,17+,20+/m0/s1. The molecule has 0 bridgehead atoms. The van der Waals surface area contributed by atoms with Crippen molar-refractivity contribution >= 4 is 17.4 Å². The molecule has 1 aromatic heterocycles. The highest BCUT2D eigenvalue weighted by molar-refractivity contribution is 7.14. The van der Waals surface area contributed by atoms with E-state index in [0.717, 1.165) is 12.0 Å². The van der Waals surface area contributed by atoms with E-state index in [9.17, 15) is 9.90 Å². The van der Waals surface area contributed by atoms with E-state index in [2.05, 4.69) is 26.1 Å².